The predicted octanol–water partition coefficient (Wildman–Crippen LogP) is 24.5. The minimum absolute atomic E-state index is 0.0348. The molecule has 0 fully saturated rings. The van der Waals surface area contributed by atoms with E-state index in [4.69, 9.17) is 18.9 Å². The summed E-state index contributed by atoms with van der Waals surface area (Å²) >= 11 is 0. The molecule has 0 aromatic heterocycles. The smallest absolute Gasteiger partial charge is 0.411 e. The number of hydrogen-bond acceptors (Lipinski definition) is 4. The van der Waals surface area contributed by atoms with Crippen molar-refractivity contribution in [3.8, 4) is 90.5 Å². The highest BCUT2D eigenvalue weighted by molar-refractivity contribution is 5.86. The number of fused-ring (bicyclic) bond motifs is 3. The standard InChI is InChI=1S/C78H38F22O4/c1-35-11-19-39(20-12-35)75(49-9-5-3-7-47(49)48-8-4-6-10-50(48)75)40-21-15-37(16-22-40)38-17-29-44(30-18-38)102-72-65(89)57(81)52(58(82)66(72)90)54-61(85)69(93)74(70(94)62(54)86)104-46-33-25-42(26-34-46)76(77(95,96)97,78(98,99)100)41-23-31-45(32-24-41)103-73-67(91)59(83)53(60(84)68(73)92)51-55(79)63(87)71(64(88)56(51)80)101-43-27-13-36(2)14-28-43/h3-34H,1-2H3. The maximum Gasteiger partial charge on any atom is 0.411 e. The van der Waals surface area contributed by atoms with Gasteiger partial charge in [0, 0.05) is 0 Å². The van der Waals surface area contributed by atoms with Crippen LogP contribution in [0.3, 0.4) is 0 Å². The van der Waals surface area contributed by atoms with Gasteiger partial charge in [0.25, 0.3) is 0 Å². The number of rotatable bonds is 15. The second-order valence-corrected chi connectivity index (χ2v) is 23.7. The molecule has 0 saturated carbocycles. The minimum atomic E-state index is -6.49. The van der Waals surface area contributed by atoms with Crippen molar-refractivity contribution in [2.45, 2.75) is 37.0 Å². The third-order valence-corrected chi connectivity index (χ3v) is 17.7. The van der Waals surface area contributed by atoms with Crippen LogP contribution in [-0.2, 0) is 10.8 Å². The maximum absolute atomic E-state index is 15.9. The van der Waals surface area contributed by atoms with Crippen LogP contribution in [0.5, 0.6) is 46.0 Å². The Morgan fingerprint density at radius 3 is 0.740 bits per heavy atom. The van der Waals surface area contributed by atoms with Crippen molar-refractivity contribution in [1.82, 2.24) is 0 Å². The van der Waals surface area contributed by atoms with Gasteiger partial charge in [-0.15, -0.1) is 0 Å². The van der Waals surface area contributed by atoms with E-state index in [1.165, 1.54) is 24.3 Å². The van der Waals surface area contributed by atoms with E-state index < -0.39 is 196 Å². The van der Waals surface area contributed by atoms with Gasteiger partial charge in [0.15, 0.2) is 46.5 Å². The van der Waals surface area contributed by atoms with Gasteiger partial charge < -0.3 is 18.9 Å². The molecule has 0 bridgehead atoms. The van der Waals surface area contributed by atoms with Crippen molar-refractivity contribution >= 4 is 0 Å². The molecule has 4 nitrogen and oxygen atoms in total. The minimum Gasteiger partial charge on any atom is -0.451 e. The lowest BCUT2D eigenvalue weighted by atomic mass is 9.67. The fourth-order valence-electron chi connectivity index (χ4n) is 12.7. The van der Waals surface area contributed by atoms with Gasteiger partial charge in [0.2, 0.25) is 75.0 Å². The summed E-state index contributed by atoms with van der Waals surface area (Å²) in [5.41, 5.74) is -10.3. The molecule has 0 unspecified atom stereocenters. The molecule has 0 N–H and O–H groups in total. The first kappa shape index (κ1) is 70.7. The summed E-state index contributed by atoms with van der Waals surface area (Å²) in [6, 6.07) is 42.2. The summed E-state index contributed by atoms with van der Waals surface area (Å²) in [4.78, 5) is 0. The van der Waals surface area contributed by atoms with E-state index >= 15 is 96.6 Å². The lowest BCUT2D eigenvalue weighted by Gasteiger charge is -2.38. The topological polar surface area (TPSA) is 36.9 Å². The number of halogens is 22. The summed E-state index contributed by atoms with van der Waals surface area (Å²) in [7, 11) is 0. The first-order valence-corrected chi connectivity index (χ1v) is 30.4. The van der Waals surface area contributed by atoms with Gasteiger partial charge in [-0.1, -0.05) is 157 Å². The molecule has 0 aliphatic heterocycles. The Bertz CT molecular complexity index is 5240. The lowest BCUT2D eigenvalue weighted by Crippen LogP contribution is -2.54. The van der Waals surface area contributed by atoms with Gasteiger partial charge >= 0.3 is 12.4 Å². The molecular weight excluding hydrogens is 1420 g/mol. The lowest BCUT2D eigenvalue weighted by molar-refractivity contribution is -0.288. The number of ether oxygens (including phenoxy) is 4. The Morgan fingerprint density at radius 1 is 0.250 bits per heavy atom. The van der Waals surface area contributed by atoms with Crippen LogP contribution in [0.1, 0.15) is 44.5 Å². The van der Waals surface area contributed by atoms with Gasteiger partial charge in [0.1, 0.15) is 23.0 Å². The molecular formula is C78H38F22O4. The third-order valence-electron chi connectivity index (χ3n) is 17.7. The summed E-state index contributed by atoms with van der Waals surface area (Å²) in [6.45, 7) is 3.55. The summed E-state index contributed by atoms with van der Waals surface area (Å²) in [5.74, 6) is -53.9. The van der Waals surface area contributed by atoms with Crippen molar-refractivity contribution < 1.29 is 116 Å². The van der Waals surface area contributed by atoms with Crippen molar-refractivity contribution in [3.63, 3.8) is 0 Å². The van der Waals surface area contributed by atoms with E-state index in [0.717, 1.165) is 63.2 Å². The monoisotopic (exact) mass is 1460 g/mol. The van der Waals surface area contributed by atoms with Crippen LogP contribution in [-0.4, -0.2) is 12.4 Å². The van der Waals surface area contributed by atoms with Crippen LogP contribution in [0.2, 0.25) is 0 Å². The van der Waals surface area contributed by atoms with Gasteiger partial charge in [-0.25, -0.2) is 35.1 Å². The van der Waals surface area contributed by atoms with Crippen LogP contribution < -0.4 is 18.9 Å². The Kier molecular flexibility index (Phi) is 17.9. The average Bonchev–Trinajstić information content (AvgIpc) is 1.10. The summed E-state index contributed by atoms with van der Waals surface area (Å²) < 4.78 is 361. The number of alkyl halides is 6. The number of aryl methyl sites for hydroxylation is 2. The van der Waals surface area contributed by atoms with Crippen molar-refractivity contribution in [2.24, 2.45) is 0 Å². The number of hydrogen-bond donors (Lipinski definition) is 0. The number of benzene rings is 12. The van der Waals surface area contributed by atoms with Gasteiger partial charge in [0.05, 0.1) is 27.7 Å². The molecule has 13 rings (SSSR count). The van der Waals surface area contributed by atoms with Crippen LogP contribution in [0, 0.1) is 107 Å². The fourth-order valence-corrected chi connectivity index (χ4v) is 12.7. The molecule has 12 aromatic rings. The summed E-state index contributed by atoms with van der Waals surface area (Å²) in [6.07, 6.45) is -13.0. The van der Waals surface area contributed by atoms with Crippen molar-refractivity contribution in [3.05, 3.63) is 332 Å². The molecule has 0 amide bonds. The summed E-state index contributed by atoms with van der Waals surface area (Å²) in [5, 5.41) is 0. The van der Waals surface area contributed by atoms with Crippen LogP contribution in [0.15, 0.2) is 194 Å². The van der Waals surface area contributed by atoms with Crippen LogP contribution in [0.25, 0.3) is 44.5 Å². The first-order valence-electron chi connectivity index (χ1n) is 30.4. The van der Waals surface area contributed by atoms with Crippen LogP contribution in [0.4, 0.5) is 96.6 Å². The van der Waals surface area contributed by atoms with Gasteiger partial charge in [-0.2, -0.15) is 61.5 Å². The fraction of sp³-hybridized carbons (Fsp3) is 0.0769. The molecule has 1 aliphatic rings. The zero-order chi connectivity index (χ0) is 74.5. The second-order valence-electron chi connectivity index (χ2n) is 23.7. The highest BCUT2D eigenvalue weighted by Crippen LogP contribution is 2.59. The molecule has 0 saturated heterocycles. The predicted molar refractivity (Wildman–Crippen MR) is 334 cm³/mol. The Hall–Kier alpha value is -11.7. The maximum atomic E-state index is 15.9. The third kappa shape index (κ3) is 11.3. The zero-order valence-electron chi connectivity index (χ0n) is 52.4. The molecule has 0 heterocycles. The largest absolute Gasteiger partial charge is 0.451 e. The first-order chi connectivity index (χ1) is 49.3. The Morgan fingerprint density at radius 2 is 0.471 bits per heavy atom. The van der Waals surface area contributed by atoms with E-state index in [1.54, 1.807) is 6.92 Å². The average molecular weight is 1460 g/mol. The molecule has 0 spiro atoms. The van der Waals surface area contributed by atoms with Gasteiger partial charge in [-0.05, 0) is 118 Å². The SMILES string of the molecule is Cc1ccc(Oc2c(F)c(F)c(-c3c(F)c(F)c(Oc4ccc(C(c5ccc(Oc6c(F)c(F)c(-c7c(F)c(F)c(Oc8ccc(-c9ccc(C%10(c%11ccc(C)cc%11)c%11ccccc%11-c%11ccccc%11%10)cc9)cc8)c(F)c7F)c(F)c6F)cc5)(C(F)(F)F)C(F)(F)F)cc4)c(F)c3F)c(F)c2F)cc1. The van der Waals surface area contributed by atoms with E-state index in [2.05, 4.69) is 36.4 Å². The van der Waals surface area contributed by atoms with Crippen molar-refractivity contribution in [2.75, 3.05) is 0 Å². The quantitative estimate of drug-likeness (QED) is 0.0757. The Balaban J connectivity index is 0.739. The highest BCUT2D eigenvalue weighted by Gasteiger charge is 2.72. The van der Waals surface area contributed by atoms with E-state index in [0.29, 0.717) is 16.7 Å². The van der Waals surface area contributed by atoms with E-state index in [-0.39, 0.29) is 48.5 Å². The molecule has 26 heteroatoms. The molecule has 0 radical (unpaired) electrons. The van der Waals surface area contributed by atoms with Gasteiger partial charge in [-0.3, -0.25) is 0 Å². The van der Waals surface area contributed by atoms with E-state index in [1.807, 2.05) is 67.6 Å². The van der Waals surface area contributed by atoms with E-state index in [9.17, 15) is 0 Å². The molecule has 1 aliphatic carbocycles. The van der Waals surface area contributed by atoms with Crippen LogP contribution >= 0.6 is 0 Å². The molecule has 104 heavy (non-hydrogen) atoms. The molecule has 12 aromatic carbocycles. The second kappa shape index (κ2) is 26.3. The Labute approximate surface area is 572 Å². The molecule has 528 valence electrons. The normalized spacial score (nSPS) is 12.7. The van der Waals surface area contributed by atoms with Crippen molar-refractivity contribution in [1.29, 1.82) is 0 Å². The highest BCUT2D eigenvalue weighted by atomic mass is 19.4. The molecule has 0 atom stereocenters. The zero-order valence-corrected chi connectivity index (χ0v) is 52.4.